The summed E-state index contributed by atoms with van der Waals surface area (Å²) in [7, 11) is 1.31. The van der Waals surface area contributed by atoms with Crippen molar-refractivity contribution in [2.45, 2.75) is 19.4 Å². The Morgan fingerprint density at radius 3 is 2.57 bits per heavy atom. The van der Waals surface area contributed by atoms with Gasteiger partial charge in [-0.05, 0) is 17.2 Å². The second-order valence-electron chi connectivity index (χ2n) is 6.47. The summed E-state index contributed by atoms with van der Waals surface area (Å²) in [5.41, 5.74) is 2.71. The van der Waals surface area contributed by atoms with E-state index in [1.807, 2.05) is 54.6 Å². The van der Waals surface area contributed by atoms with E-state index in [9.17, 15) is 9.59 Å². The summed E-state index contributed by atoms with van der Waals surface area (Å²) in [6, 6.07) is 17.3. The molecule has 0 saturated heterocycles. The van der Waals surface area contributed by atoms with E-state index in [0.29, 0.717) is 24.4 Å². The van der Waals surface area contributed by atoms with Gasteiger partial charge in [0.25, 0.3) is 0 Å². The zero-order valence-corrected chi connectivity index (χ0v) is 18.0. The van der Waals surface area contributed by atoms with Crippen molar-refractivity contribution in [2.75, 3.05) is 7.11 Å². The maximum absolute atomic E-state index is 12.7. The Morgan fingerprint density at radius 2 is 1.83 bits per heavy atom. The van der Waals surface area contributed by atoms with Gasteiger partial charge in [0.15, 0.2) is 5.69 Å². The molecular formula is C23H21BrN2O4. The molecule has 1 heterocycles. The number of benzene rings is 2. The van der Waals surface area contributed by atoms with Crippen molar-refractivity contribution in [3.05, 3.63) is 99.6 Å². The summed E-state index contributed by atoms with van der Waals surface area (Å²) in [4.78, 5) is 31.7. The first-order valence-corrected chi connectivity index (χ1v) is 10.1. The molecule has 0 fully saturated rings. The van der Waals surface area contributed by atoms with Gasteiger partial charge in [0.2, 0.25) is 0 Å². The van der Waals surface area contributed by atoms with Crippen LogP contribution in [0.15, 0.2) is 71.2 Å². The molecule has 0 spiro atoms. The van der Waals surface area contributed by atoms with E-state index < -0.39 is 11.9 Å². The van der Waals surface area contributed by atoms with Gasteiger partial charge in [-0.25, -0.2) is 14.6 Å². The second kappa shape index (κ2) is 10.5. The minimum absolute atomic E-state index is 0.156. The number of ether oxygens (including phenoxy) is 2. The van der Waals surface area contributed by atoms with Crippen molar-refractivity contribution in [1.29, 1.82) is 0 Å². The molecule has 2 aromatic carbocycles. The first-order valence-electron chi connectivity index (χ1n) is 9.33. The minimum atomic E-state index is -0.519. The predicted molar refractivity (Wildman–Crippen MR) is 116 cm³/mol. The molecule has 30 heavy (non-hydrogen) atoms. The highest BCUT2D eigenvalue weighted by molar-refractivity contribution is 9.10. The highest BCUT2D eigenvalue weighted by atomic mass is 79.9. The SMILES string of the molecule is COC(=O)C=CCc1[nH]c(Cc2ccccc2Br)nc1C(=O)OCc1ccccc1. The normalized spacial score (nSPS) is 10.9. The average molecular weight is 469 g/mol. The van der Waals surface area contributed by atoms with Crippen molar-refractivity contribution in [3.63, 3.8) is 0 Å². The van der Waals surface area contributed by atoms with Crippen LogP contribution in [0.4, 0.5) is 0 Å². The molecule has 0 radical (unpaired) electrons. The van der Waals surface area contributed by atoms with E-state index >= 15 is 0 Å². The average Bonchev–Trinajstić information content (AvgIpc) is 3.17. The van der Waals surface area contributed by atoms with E-state index in [0.717, 1.165) is 15.6 Å². The van der Waals surface area contributed by atoms with Crippen LogP contribution in [0, 0.1) is 0 Å². The number of hydrogen-bond acceptors (Lipinski definition) is 5. The molecule has 154 valence electrons. The fourth-order valence-corrected chi connectivity index (χ4v) is 3.24. The molecule has 0 unspecified atom stereocenters. The number of allylic oxidation sites excluding steroid dienone is 1. The first-order chi connectivity index (χ1) is 14.6. The fraction of sp³-hybridized carbons (Fsp3) is 0.174. The fourth-order valence-electron chi connectivity index (χ4n) is 2.82. The number of hydrogen-bond donors (Lipinski definition) is 1. The molecule has 3 rings (SSSR count). The van der Waals surface area contributed by atoms with Crippen LogP contribution in [0.25, 0.3) is 0 Å². The van der Waals surface area contributed by atoms with Crippen LogP contribution in [-0.4, -0.2) is 29.0 Å². The number of H-pyrrole nitrogens is 1. The van der Waals surface area contributed by atoms with Gasteiger partial charge in [-0.3, -0.25) is 0 Å². The van der Waals surface area contributed by atoms with Crippen LogP contribution in [-0.2, 0) is 33.7 Å². The molecule has 0 saturated carbocycles. The molecule has 1 aromatic heterocycles. The number of nitrogens with one attached hydrogen (secondary N) is 1. The zero-order chi connectivity index (χ0) is 21.3. The van der Waals surface area contributed by atoms with Gasteiger partial charge in [0.05, 0.1) is 12.8 Å². The van der Waals surface area contributed by atoms with Crippen molar-refractivity contribution < 1.29 is 19.1 Å². The van der Waals surface area contributed by atoms with Crippen molar-refractivity contribution in [3.8, 4) is 0 Å². The van der Waals surface area contributed by atoms with Crippen LogP contribution in [0.1, 0.15) is 33.1 Å². The lowest BCUT2D eigenvalue weighted by Gasteiger charge is -2.04. The summed E-state index contributed by atoms with van der Waals surface area (Å²) in [5, 5.41) is 0. The van der Waals surface area contributed by atoms with E-state index in [2.05, 4.69) is 30.6 Å². The molecule has 6 nitrogen and oxygen atoms in total. The third-order valence-electron chi connectivity index (χ3n) is 4.33. The summed E-state index contributed by atoms with van der Waals surface area (Å²) in [6.45, 7) is 0.156. The monoisotopic (exact) mass is 468 g/mol. The number of aromatic amines is 1. The van der Waals surface area contributed by atoms with E-state index in [1.165, 1.54) is 13.2 Å². The third-order valence-corrected chi connectivity index (χ3v) is 5.10. The van der Waals surface area contributed by atoms with E-state index in [-0.39, 0.29) is 12.3 Å². The lowest BCUT2D eigenvalue weighted by molar-refractivity contribution is -0.134. The lowest BCUT2D eigenvalue weighted by Crippen LogP contribution is -2.08. The van der Waals surface area contributed by atoms with E-state index in [1.54, 1.807) is 6.08 Å². The summed E-state index contributed by atoms with van der Waals surface area (Å²) >= 11 is 3.53. The largest absolute Gasteiger partial charge is 0.466 e. The standard InChI is InChI=1S/C23H21BrN2O4/c1-29-21(27)13-7-12-19-22(23(28)30-15-16-8-3-2-4-9-16)26-20(25-19)14-17-10-5-6-11-18(17)24/h2-11,13H,12,14-15H2,1H3,(H,25,26). The van der Waals surface area contributed by atoms with E-state index in [4.69, 9.17) is 4.74 Å². The van der Waals surface area contributed by atoms with Crippen molar-refractivity contribution in [1.82, 2.24) is 9.97 Å². The quantitative estimate of drug-likeness (QED) is 0.391. The Hall–Kier alpha value is -3.19. The summed E-state index contributed by atoms with van der Waals surface area (Å²) in [5.74, 6) is -0.346. The second-order valence-corrected chi connectivity index (χ2v) is 7.32. The van der Waals surface area contributed by atoms with Crippen LogP contribution in [0.5, 0.6) is 0 Å². The van der Waals surface area contributed by atoms with Gasteiger partial charge >= 0.3 is 11.9 Å². The number of carbonyl (C=O) groups excluding carboxylic acids is 2. The summed E-state index contributed by atoms with van der Waals surface area (Å²) in [6.07, 6.45) is 3.76. The summed E-state index contributed by atoms with van der Waals surface area (Å²) < 4.78 is 11.0. The Labute approximate surface area is 183 Å². The molecule has 0 aliphatic carbocycles. The van der Waals surface area contributed by atoms with Crippen molar-refractivity contribution in [2.24, 2.45) is 0 Å². The number of imidazole rings is 1. The zero-order valence-electron chi connectivity index (χ0n) is 16.4. The molecule has 0 amide bonds. The molecular weight excluding hydrogens is 448 g/mol. The Bertz CT molecular complexity index is 1040. The van der Waals surface area contributed by atoms with Crippen LogP contribution in [0.3, 0.4) is 0 Å². The van der Waals surface area contributed by atoms with Crippen molar-refractivity contribution >= 4 is 27.9 Å². The number of rotatable bonds is 8. The van der Waals surface area contributed by atoms with Crippen LogP contribution in [0.2, 0.25) is 0 Å². The number of carbonyl (C=O) groups is 2. The molecule has 7 heteroatoms. The Morgan fingerprint density at radius 1 is 1.10 bits per heavy atom. The Balaban J connectivity index is 1.80. The maximum Gasteiger partial charge on any atom is 0.359 e. The highest BCUT2D eigenvalue weighted by Gasteiger charge is 2.19. The topological polar surface area (TPSA) is 81.3 Å². The third kappa shape index (κ3) is 5.90. The Kier molecular flexibility index (Phi) is 7.57. The number of nitrogens with zero attached hydrogens (tertiary/aromatic N) is 1. The highest BCUT2D eigenvalue weighted by Crippen LogP contribution is 2.20. The molecule has 0 bridgehead atoms. The molecule has 0 aliphatic rings. The molecule has 3 aromatic rings. The number of halogens is 1. The lowest BCUT2D eigenvalue weighted by atomic mass is 10.1. The van der Waals surface area contributed by atoms with Gasteiger partial charge in [-0.15, -0.1) is 0 Å². The first kappa shape index (κ1) is 21.5. The van der Waals surface area contributed by atoms with Gasteiger partial charge in [0.1, 0.15) is 12.4 Å². The van der Waals surface area contributed by atoms with Gasteiger partial charge in [0, 0.05) is 23.4 Å². The van der Waals surface area contributed by atoms with Gasteiger partial charge in [-0.1, -0.05) is 70.5 Å². The smallest absolute Gasteiger partial charge is 0.359 e. The van der Waals surface area contributed by atoms with Gasteiger partial charge in [-0.2, -0.15) is 0 Å². The number of esters is 2. The van der Waals surface area contributed by atoms with Gasteiger partial charge < -0.3 is 14.5 Å². The molecule has 0 atom stereocenters. The maximum atomic E-state index is 12.7. The number of methoxy groups -OCH3 is 1. The number of aromatic nitrogens is 2. The minimum Gasteiger partial charge on any atom is -0.466 e. The van der Waals surface area contributed by atoms with Crippen LogP contribution >= 0.6 is 15.9 Å². The predicted octanol–water partition coefficient (Wildman–Crippen LogP) is 4.39. The van der Waals surface area contributed by atoms with Crippen LogP contribution < -0.4 is 0 Å². The molecule has 0 aliphatic heterocycles. The molecule has 1 N–H and O–H groups in total.